The minimum Gasteiger partial charge on any atom is -0.315 e. The largest absolute Gasteiger partial charge is 0.315 e. The third kappa shape index (κ3) is 3.15. The van der Waals surface area contributed by atoms with E-state index in [0.29, 0.717) is 6.04 Å². The Morgan fingerprint density at radius 2 is 2.04 bits per heavy atom. The number of fused-ring (bicyclic) bond motifs is 1. The molecule has 4 rings (SSSR count). The maximum Gasteiger partial charge on any atom is 0.0712 e. The van der Waals surface area contributed by atoms with Gasteiger partial charge in [-0.1, -0.05) is 24.3 Å². The van der Waals surface area contributed by atoms with Crippen LogP contribution in [-0.4, -0.2) is 36.1 Å². The van der Waals surface area contributed by atoms with E-state index in [-0.39, 0.29) is 0 Å². The molecule has 1 atom stereocenters. The number of hydrogen-bond acceptors (Lipinski definition) is 4. The molecule has 1 aromatic carbocycles. The van der Waals surface area contributed by atoms with E-state index in [9.17, 15) is 0 Å². The lowest BCUT2D eigenvalue weighted by Crippen LogP contribution is -2.32. The summed E-state index contributed by atoms with van der Waals surface area (Å²) in [6, 6.07) is 15.6. The predicted octanol–water partition coefficient (Wildman–Crippen LogP) is 3.68. The second-order valence-corrected chi connectivity index (χ2v) is 7.13. The van der Waals surface area contributed by atoms with Crippen LogP contribution < -0.4 is 5.32 Å². The fourth-order valence-electron chi connectivity index (χ4n) is 3.35. The van der Waals surface area contributed by atoms with Crippen LogP contribution in [0.1, 0.15) is 22.9 Å². The molecule has 0 radical (unpaired) electrons. The first-order valence-electron chi connectivity index (χ1n) is 8.25. The fourth-order valence-corrected chi connectivity index (χ4v) is 4.58. The molecule has 1 N–H and O–H groups in total. The van der Waals surface area contributed by atoms with Crippen molar-refractivity contribution in [3.8, 4) is 0 Å². The van der Waals surface area contributed by atoms with Gasteiger partial charge in [0.1, 0.15) is 0 Å². The van der Waals surface area contributed by atoms with Gasteiger partial charge in [-0.2, -0.15) is 0 Å². The highest BCUT2D eigenvalue weighted by Crippen LogP contribution is 2.36. The van der Waals surface area contributed by atoms with Crippen LogP contribution >= 0.6 is 11.3 Å². The van der Waals surface area contributed by atoms with E-state index in [0.717, 1.165) is 26.2 Å². The Hall–Kier alpha value is -1.75. The van der Waals surface area contributed by atoms with Crippen LogP contribution in [0.5, 0.6) is 0 Å². The molecule has 3 heterocycles. The van der Waals surface area contributed by atoms with E-state index in [2.05, 4.69) is 51.6 Å². The summed E-state index contributed by atoms with van der Waals surface area (Å²) < 4.78 is 1.37. The highest BCUT2D eigenvalue weighted by molar-refractivity contribution is 7.19. The van der Waals surface area contributed by atoms with Crippen LogP contribution in [-0.2, 0) is 0 Å². The molecule has 0 amide bonds. The number of hydrogen-bond donors (Lipinski definition) is 1. The number of nitrogens with one attached hydrogen (secondary N) is 1. The molecular weight excluding hydrogens is 302 g/mol. The van der Waals surface area contributed by atoms with E-state index >= 15 is 0 Å². The zero-order valence-electron chi connectivity index (χ0n) is 13.1. The van der Waals surface area contributed by atoms with E-state index in [1.807, 2.05) is 29.8 Å². The second-order valence-electron chi connectivity index (χ2n) is 6.02. The highest BCUT2D eigenvalue weighted by atomic mass is 32.1. The third-order valence-corrected chi connectivity index (χ3v) is 5.62. The van der Waals surface area contributed by atoms with Gasteiger partial charge < -0.3 is 5.32 Å². The van der Waals surface area contributed by atoms with Gasteiger partial charge in [-0.05, 0) is 42.1 Å². The molecule has 0 aliphatic carbocycles. The molecule has 3 nitrogen and oxygen atoms in total. The van der Waals surface area contributed by atoms with Gasteiger partial charge in [0.15, 0.2) is 0 Å². The summed E-state index contributed by atoms with van der Waals surface area (Å²) in [5, 5.41) is 4.85. The summed E-state index contributed by atoms with van der Waals surface area (Å²) in [4.78, 5) is 8.38. The highest BCUT2D eigenvalue weighted by Gasteiger charge is 2.25. The predicted molar refractivity (Wildman–Crippen MR) is 97.0 cm³/mol. The number of nitrogens with zero attached hydrogens (tertiary/aromatic N) is 2. The average Bonchev–Trinajstić information content (AvgIpc) is 2.83. The number of thiophene rings is 1. The first-order valence-corrected chi connectivity index (χ1v) is 9.06. The van der Waals surface area contributed by atoms with Gasteiger partial charge in [0.25, 0.3) is 0 Å². The fraction of sp³-hybridized carbons (Fsp3) is 0.316. The quantitative estimate of drug-likeness (QED) is 0.797. The molecule has 0 bridgehead atoms. The average molecular weight is 323 g/mol. The van der Waals surface area contributed by atoms with E-state index in [1.165, 1.54) is 26.9 Å². The Morgan fingerprint density at radius 3 is 2.91 bits per heavy atom. The third-order valence-electron chi connectivity index (χ3n) is 4.45. The molecule has 0 spiro atoms. The SMILES string of the molecule is c1cncc(C(c2cc3ccccc3s2)N2CCCNCC2)c1. The van der Waals surface area contributed by atoms with Crippen LogP contribution in [0.3, 0.4) is 0 Å². The summed E-state index contributed by atoms with van der Waals surface area (Å²) in [7, 11) is 0. The monoisotopic (exact) mass is 323 g/mol. The molecule has 118 valence electrons. The van der Waals surface area contributed by atoms with Gasteiger partial charge in [-0.15, -0.1) is 11.3 Å². The van der Waals surface area contributed by atoms with Crippen molar-refractivity contribution in [3.05, 3.63) is 65.3 Å². The lowest BCUT2D eigenvalue weighted by atomic mass is 10.0. The summed E-state index contributed by atoms with van der Waals surface area (Å²) in [6.45, 7) is 4.37. The van der Waals surface area contributed by atoms with Gasteiger partial charge in [0, 0.05) is 41.6 Å². The molecule has 1 unspecified atom stereocenters. The lowest BCUT2D eigenvalue weighted by molar-refractivity contribution is 0.243. The summed E-state index contributed by atoms with van der Waals surface area (Å²) in [5.74, 6) is 0. The van der Waals surface area contributed by atoms with Crippen LogP contribution in [0.25, 0.3) is 10.1 Å². The number of benzene rings is 1. The van der Waals surface area contributed by atoms with Crippen LogP contribution in [0.4, 0.5) is 0 Å². The molecule has 1 aliphatic rings. The van der Waals surface area contributed by atoms with Gasteiger partial charge in [0.2, 0.25) is 0 Å². The zero-order chi connectivity index (χ0) is 15.5. The van der Waals surface area contributed by atoms with Crippen LogP contribution in [0, 0.1) is 0 Å². The van der Waals surface area contributed by atoms with Crippen LogP contribution in [0.15, 0.2) is 54.9 Å². The molecule has 23 heavy (non-hydrogen) atoms. The smallest absolute Gasteiger partial charge is 0.0712 e. The molecule has 3 aromatic rings. The summed E-state index contributed by atoms with van der Waals surface area (Å²) in [5.41, 5.74) is 1.29. The summed E-state index contributed by atoms with van der Waals surface area (Å²) in [6.07, 6.45) is 5.07. The van der Waals surface area contributed by atoms with Crippen molar-refractivity contribution in [2.24, 2.45) is 0 Å². The van der Waals surface area contributed by atoms with Gasteiger partial charge in [-0.25, -0.2) is 0 Å². The Labute approximate surface area is 141 Å². The summed E-state index contributed by atoms with van der Waals surface area (Å²) >= 11 is 1.91. The van der Waals surface area contributed by atoms with E-state index in [4.69, 9.17) is 0 Å². The van der Waals surface area contributed by atoms with Gasteiger partial charge >= 0.3 is 0 Å². The van der Waals surface area contributed by atoms with E-state index in [1.54, 1.807) is 0 Å². The lowest BCUT2D eigenvalue weighted by Gasteiger charge is -2.29. The van der Waals surface area contributed by atoms with Crippen molar-refractivity contribution in [1.29, 1.82) is 0 Å². The van der Waals surface area contributed by atoms with Gasteiger partial charge in [-0.3, -0.25) is 9.88 Å². The topological polar surface area (TPSA) is 28.2 Å². The van der Waals surface area contributed by atoms with Crippen LogP contribution in [0.2, 0.25) is 0 Å². The van der Waals surface area contributed by atoms with Crippen molar-refractivity contribution in [2.45, 2.75) is 12.5 Å². The first kappa shape index (κ1) is 14.8. The molecule has 2 aromatic heterocycles. The Kier molecular flexibility index (Phi) is 4.37. The van der Waals surface area contributed by atoms with Crippen molar-refractivity contribution in [1.82, 2.24) is 15.2 Å². The Balaban J connectivity index is 1.77. The Morgan fingerprint density at radius 1 is 1.09 bits per heavy atom. The minimum atomic E-state index is 0.306. The van der Waals surface area contributed by atoms with Crippen molar-refractivity contribution >= 4 is 21.4 Å². The first-order chi connectivity index (χ1) is 11.4. The number of pyridine rings is 1. The molecule has 1 fully saturated rings. The Bertz CT molecular complexity index is 727. The standard InChI is InChI=1S/C19H21N3S/c1-2-7-17-15(5-1)13-18(23-17)19(16-6-3-8-21-14-16)22-11-4-9-20-10-12-22/h1-3,5-8,13-14,19-20H,4,9-12H2. The molecule has 0 saturated carbocycles. The second kappa shape index (κ2) is 6.79. The normalized spacial score (nSPS) is 17.9. The van der Waals surface area contributed by atoms with E-state index < -0.39 is 0 Å². The van der Waals surface area contributed by atoms with Crippen molar-refractivity contribution < 1.29 is 0 Å². The van der Waals surface area contributed by atoms with Crippen molar-refractivity contribution in [2.75, 3.05) is 26.2 Å². The number of aromatic nitrogens is 1. The maximum absolute atomic E-state index is 4.37. The molecule has 1 saturated heterocycles. The number of rotatable bonds is 3. The van der Waals surface area contributed by atoms with Crippen molar-refractivity contribution in [3.63, 3.8) is 0 Å². The molecule has 1 aliphatic heterocycles. The molecular formula is C19H21N3S. The van der Waals surface area contributed by atoms with Gasteiger partial charge in [0.05, 0.1) is 6.04 Å². The maximum atomic E-state index is 4.37. The minimum absolute atomic E-state index is 0.306. The molecule has 4 heteroatoms. The zero-order valence-corrected chi connectivity index (χ0v) is 13.9.